The van der Waals surface area contributed by atoms with Crippen molar-refractivity contribution in [3.63, 3.8) is 0 Å². The number of amides is 1. The first-order valence-corrected chi connectivity index (χ1v) is 14.1. The van der Waals surface area contributed by atoms with E-state index in [1.807, 2.05) is 23.1 Å². The second-order valence-electron chi connectivity index (χ2n) is 11.1. The number of imidazole rings is 1. The lowest BCUT2D eigenvalue weighted by molar-refractivity contribution is -0.138. The maximum absolute atomic E-state index is 13.6. The summed E-state index contributed by atoms with van der Waals surface area (Å²) >= 11 is 0. The van der Waals surface area contributed by atoms with Crippen molar-refractivity contribution >= 4 is 28.9 Å². The van der Waals surface area contributed by atoms with E-state index >= 15 is 0 Å². The van der Waals surface area contributed by atoms with Gasteiger partial charge in [-0.2, -0.15) is 0 Å². The molecule has 0 atom stereocenters. The molecule has 0 radical (unpaired) electrons. The smallest absolute Gasteiger partial charge is 0.325 e. The van der Waals surface area contributed by atoms with E-state index in [1.54, 1.807) is 0 Å². The Kier molecular flexibility index (Phi) is 11.2. The van der Waals surface area contributed by atoms with Gasteiger partial charge in [-0.3, -0.25) is 9.59 Å². The average molecular weight is 514 g/mol. The number of hydrogen-bond donors (Lipinski definition) is 1. The Morgan fingerprint density at radius 3 is 2.32 bits per heavy atom. The predicted octanol–water partition coefficient (Wildman–Crippen LogP) is 5.03. The summed E-state index contributed by atoms with van der Waals surface area (Å²) in [5.74, 6) is 1.46. The van der Waals surface area contributed by atoms with E-state index in [1.165, 1.54) is 39.5 Å². The van der Waals surface area contributed by atoms with E-state index in [2.05, 4.69) is 42.5 Å². The molecular weight excluding hydrogens is 466 g/mol. The molecule has 1 aromatic carbocycles. The van der Waals surface area contributed by atoms with E-state index in [9.17, 15) is 9.59 Å². The molecule has 1 saturated heterocycles. The lowest BCUT2D eigenvalue weighted by Crippen LogP contribution is -2.34. The first-order valence-electron chi connectivity index (χ1n) is 14.1. The van der Waals surface area contributed by atoms with Gasteiger partial charge in [-0.1, -0.05) is 34.1 Å². The van der Waals surface area contributed by atoms with E-state index < -0.39 is 0 Å². The number of nitrogens with one attached hydrogen (secondary N) is 1. The van der Waals surface area contributed by atoms with Crippen LogP contribution in [0, 0.1) is 11.8 Å². The summed E-state index contributed by atoms with van der Waals surface area (Å²) < 4.78 is 6.92. The van der Waals surface area contributed by atoms with Crippen LogP contribution in [-0.2, 0) is 16.1 Å². The minimum Gasteiger partial charge on any atom is -0.468 e. The van der Waals surface area contributed by atoms with Gasteiger partial charge in [0.25, 0.3) is 5.91 Å². The molecule has 1 fully saturated rings. The number of nitrogens with zero attached hydrogens (tertiary/aromatic N) is 4. The Morgan fingerprint density at radius 2 is 1.70 bits per heavy atom. The van der Waals surface area contributed by atoms with Gasteiger partial charge in [0, 0.05) is 25.2 Å². The van der Waals surface area contributed by atoms with Gasteiger partial charge < -0.3 is 24.4 Å². The molecule has 1 aliphatic rings. The number of piperidine rings is 1. The standard InChI is InChI=1S/C29H47N5O3/c1-22(2)12-18-33(19-13-23(3)4)28(36)24-10-11-25-26(20-24)34(29(31-25)30-21-27(35)37-5)17-9-16-32-14-7-6-8-15-32/h10-11,20,22-23H,6-9,12-19,21H2,1-5H3,(H,30,31). The minimum absolute atomic E-state index is 0.0515. The van der Waals surface area contributed by atoms with Crippen molar-refractivity contribution < 1.29 is 14.3 Å². The van der Waals surface area contributed by atoms with Crippen LogP contribution in [0.1, 0.15) is 76.6 Å². The number of esters is 1. The van der Waals surface area contributed by atoms with Crippen LogP contribution in [0.2, 0.25) is 0 Å². The molecule has 0 unspecified atom stereocenters. The zero-order valence-corrected chi connectivity index (χ0v) is 23.6. The molecule has 206 valence electrons. The van der Waals surface area contributed by atoms with Crippen LogP contribution in [0.25, 0.3) is 11.0 Å². The lowest BCUT2D eigenvalue weighted by atomic mass is 10.1. The van der Waals surface area contributed by atoms with Gasteiger partial charge >= 0.3 is 5.97 Å². The molecule has 8 heteroatoms. The van der Waals surface area contributed by atoms with Crippen molar-refractivity contribution in [1.82, 2.24) is 19.4 Å². The highest BCUT2D eigenvalue weighted by Gasteiger charge is 2.20. The molecule has 0 saturated carbocycles. The molecule has 1 aromatic heterocycles. The summed E-state index contributed by atoms with van der Waals surface area (Å²) in [7, 11) is 1.38. The summed E-state index contributed by atoms with van der Waals surface area (Å²) in [6.45, 7) is 14.5. The molecule has 0 bridgehead atoms. The summed E-state index contributed by atoms with van der Waals surface area (Å²) in [6, 6.07) is 5.79. The van der Waals surface area contributed by atoms with Gasteiger partial charge in [-0.05, 0) is 81.8 Å². The second-order valence-corrected chi connectivity index (χ2v) is 11.1. The van der Waals surface area contributed by atoms with Crippen LogP contribution in [0.4, 0.5) is 5.95 Å². The monoisotopic (exact) mass is 513 g/mol. The fourth-order valence-electron chi connectivity index (χ4n) is 4.80. The highest BCUT2D eigenvalue weighted by Crippen LogP contribution is 2.23. The average Bonchev–Trinajstić information content (AvgIpc) is 3.23. The molecule has 1 aliphatic heterocycles. The molecule has 1 N–H and O–H groups in total. The predicted molar refractivity (Wildman–Crippen MR) is 150 cm³/mol. The normalized spacial score (nSPS) is 14.5. The van der Waals surface area contributed by atoms with Crippen LogP contribution in [0.3, 0.4) is 0 Å². The fourth-order valence-corrected chi connectivity index (χ4v) is 4.80. The van der Waals surface area contributed by atoms with Crippen LogP contribution >= 0.6 is 0 Å². The van der Waals surface area contributed by atoms with Gasteiger partial charge in [0.15, 0.2) is 0 Å². The van der Waals surface area contributed by atoms with E-state index in [0.29, 0.717) is 23.3 Å². The number of methoxy groups -OCH3 is 1. The molecule has 2 aromatic rings. The quantitative estimate of drug-likeness (QED) is 0.357. The van der Waals surface area contributed by atoms with Gasteiger partial charge in [-0.25, -0.2) is 4.98 Å². The maximum atomic E-state index is 13.6. The molecule has 0 aliphatic carbocycles. The second kappa shape index (κ2) is 14.4. The van der Waals surface area contributed by atoms with Crippen molar-refractivity contribution in [3.8, 4) is 0 Å². The number of carbonyl (C=O) groups excluding carboxylic acids is 2. The maximum Gasteiger partial charge on any atom is 0.325 e. The van der Waals surface area contributed by atoms with Crippen LogP contribution in [0.5, 0.6) is 0 Å². The summed E-state index contributed by atoms with van der Waals surface area (Å²) in [6.07, 6.45) is 6.83. The number of rotatable bonds is 14. The van der Waals surface area contributed by atoms with Crippen molar-refractivity contribution in [3.05, 3.63) is 23.8 Å². The number of aromatic nitrogens is 2. The number of anilines is 1. The minimum atomic E-state index is -0.339. The molecule has 8 nitrogen and oxygen atoms in total. The topological polar surface area (TPSA) is 79.7 Å². The third-order valence-corrected chi connectivity index (χ3v) is 7.16. The summed E-state index contributed by atoms with van der Waals surface area (Å²) in [4.78, 5) is 34.7. The van der Waals surface area contributed by atoms with E-state index in [4.69, 9.17) is 9.72 Å². The van der Waals surface area contributed by atoms with Gasteiger partial charge in [-0.15, -0.1) is 0 Å². The summed E-state index contributed by atoms with van der Waals surface area (Å²) in [5, 5.41) is 3.15. The highest BCUT2D eigenvalue weighted by molar-refractivity contribution is 5.97. The molecule has 2 heterocycles. The van der Waals surface area contributed by atoms with Gasteiger partial charge in [0.05, 0.1) is 18.1 Å². The number of ether oxygens (including phenoxy) is 1. The Morgan fingerprint density at radius 1 is 1.03 bits per heavy atom. The van der Waals surface area contributed by atoms with Crippen molar-refractivity contribution in [2.45, 2.75) is 72.8 Å². The molecule has 3 rings (SSSR count). The Labute approximate surface area is 222 Å². The van der Waals surface area contributed by atoms with Crippen molar-refractivity contribution in [2.75, 3.05) is 51.7 Å². The molecule has 0 spiro atoms. The number of fused-ring (bicyclic) bond motifs is 1. The number of benzene rings is 1. The van der Waals surface area contributed by atoms with Crippen LogP contribution in [0.15, 0.2) is 18.2 Å². The Hall–Kier alpha value is -2.61. The van der Waals surface area contributed by atoms with Crippen LogP contribution in [-0.4, -0.2) is 77.6 Å². The van der Waals surface area contributed by atoms with E-state index in [0.717, 1.165) is 56.5 Å². The number of carbonyl (C=O) groups is 2. The number of likely N-dealkylation sites (tertiary alicyclic amines) is 1. The van der Waals surface area contributed by atoms with E-state index in [-0.39, 0.29) is 18.4 Å². The zero-order chi connectivity index (χ0) is 26.8. The molecule has 37 heavy (non-hydrogen) atoms. The molecular formula is C29H47N5O3. The van der Waals surface area contributed by atoms with Crippen molar-refractivity contribution in [2.24, 2.45) is 11.8 Å². The first kappa shape index (κ1) is 29.0. The van der Waals surface area contributed by atoms with Crippen LogP contribution < -0.4 is 5.32 Å². The first-order chi connectivity index (χ1) is 17.8. The summed E-state index contributed by atoms with van der Waals surface area (Å²) in [5.41, 5.74) is 2.43. The zero-order valence-electron chi connectivity index (χ0n) is 23.6. The third kappa shape index (κ3) is 8.73. The fraction of sp³-hybridized carbons (Fsp3) is 0.690. The number of hydrogen-bond acceptors (Lipinski definition) is 6. The Balaban J connectivity index is 1.84. The third-order valence-electron chi connectivity index (χ3n) is 7.16. The SMILES string of the molecule is COC(=O)CNc1nc2ccc(C(=O)N(CCC(C)C)CCC(C)C)cc2n1CCCN1CCCCC1. The largest absolute Gasteiger partial charge is 0.468 e. The van der Waals surface area contributed by atoms with Gasteiger partial charge in [0.1, 0.15) is 6.54 Å². The van der Waals surface area contributed by atoms with Gasteiger partial charge in [0.2, 0.25) is 5.95 Å². The number of aryl methyl sites for hydroxylation is 1. The Bertz CT molecular complexity index is 998. The highest BCUT2D eigenvalue weighted by atomic mass is 16.5. The molecule has 1 amide bonds. The lowest BCUT2D eigenvalue weighted by Gasteiger charge is -2.26. The van der Waals surface area contributed by atoms with Crippen molar-refractivity contribution in [1.29, 1.82) is 0 Å².